The molecule has 2 N–H and O–H groups in total. The maximum absolute atomic E-state index is 13.2. The zero-order valence-electron chi connectivity index (χ0n) is 19.1. The van der Waals surface area contributed by atoms with Gasteiger partial charge in [-0.15, -0.1) is 0 Å². The Kier molecular flexibility index (Phi) is 6.61. The average Bonchev–Trinajstić information content (AvgIpc) is 3.00. The molecule has 0 aliphatic carbocycles. The standard InChI is InChI=1S/C23H34N4O4S/c1-15-10-20(11-16(2)27(15)32(30,31)14-17-6-8-24-9-7-17)25-23(29)18-4-5-21-19(12-18)13-22(28)26(21)3/h4-5,12,15-17,20,24H,6-11,13-14H2,1-3H3,(H,25,29)/t15-,16+,20+. The Morgan fingerprint density at radius 1 is 1.16 bits per heavy atom. The Bertz CT molecular complexity index is 978. The first-order valence-corrected chi connectivity index (χ1v) is 13.2. The third kappa shape index (κ3) is 4.70. The fraction of sp³-hybridized carbons (Fsp3) is 0.652. The van der Waals surface area contributed by atoms with Crippen LogP contribution in [0.5, 0.6) is 0 Å². The highest BCUT2D eigenvalue weighted by atomic mass is 32.2. The number of nitrogens with zero attached hydrogens (tertiary/aromatic N) is 2. The predicted molar refractivity (Wildman–Crippen MR) is 124 cm³/mol. The number of rotatable bonds is 5. The predicted octanol–water partition coefficient (Wildman–Crippen LogP) is 1.51. The molecular formula is C23H34N4O4S. The van der Waals surface area contributed by atoms with Gasteiger partial charge in [-0.3, -0.25) is 9.59 Å². The van der Waals surface area contributed by atoms with E-state index in [2.05, 4.69) is 10.6 Å². The smallest absolute Gasteiger partial charge is 0.251 e. The average molecular weight is 463 g/mol. The van der Waals surface area contributed by atoms with Crippen LogP contribution in [-0.2, 0) is 21.2 Å². The summed E-state index contributed by atoms with van der Waals surface area (Å²) >= 11 is 0. The highest BCUT2D eigenvalue weighted by molar-refractivity contribution is 7.89. The van der Waals surface area contributed by atoms with Crippen LogP contribution in [0.15, 0.2) is 18.2 Å². The summed E-state index contributed by atoms with van der Waals surface area (Å²) in [7, 11) is -1.61. The summed E-state index contributed by atoms with van der Waals surface area (Å²) in [5, 5.41) is 6.38. The van der Waals surface area contributed by atoms with Crippen LogP contribution in [0.3, 0.4) is 0 Å². The number of benzene rings is 1. The van der Waals surface area contributed by atoms with Crippen molar-refractivity contribution in [1.82, 2.24) is 14.9 Å². The minimum atomic E-state index is -3.35. The lowest BCUT2D eigenvalue weighted by molar-refractivity contribution is -0.117. The lowest BCUT2D eigenvalue weighted by atomic mass is 9.95. The number of sulfonamides is 1. The van der Waals surface area contributed by atoms with E-state index in [4.69, 9.17) is 0 Å². The Hall–Kier alpha value is -1.97. The molecule has 4 rings (SSSR count). The number of anilines is 1. The van der Waals surface area contributed by atoms with Crippen LogP contribution in [0.2, 0.25) is 0 Å². The third-order valence-electron chi connectivity index (χ3n) is 7.10. The first-order chi connectivity index (χ1) is 15.2. The minimum Gasteiger partial charge on any atom is -0.349 e. The number of piperidine rings is 2. The molecule has 32 heavy (non-hydrogen) atoms. The van der Waals surface area contributed by atoms with Gasteiger partial charge in [0, 0.05) is 36.4 Å². The Morgan fingerprint density at radius 2 is 1.81 bits per heavy atom. The van der Waals surface area contributed by atoms with E-state index >= 15 is 0 Å². The monoisotopic (exact) mass is 462 g/mol. The van der Waals surface area contributed by atoms with Gasteiger partial charge in [0.25, 0.3) is 5.91 Å². The van der Waals surface area contributed by atoms with Crippen LogP contribution in [0.1, 0.15) is 55.5 Å². The summed E-state index contributed by atoms with van der Waals surface area (Å²) in [6, 6.07) is 4.93. The molecule has 0 saturated carbocycles. The van der Waals surface area contributed by atoms with E-state index in [1.807, 2.05) is 19.9 Å². The fourth-order valence-corrected chi connectivity index (χ4v) is 7.91. The topological polar surface area (TPSA) is 98.8 Å². The molecule has 3 aliphatic heterocycles. The third-order valence-corrected chi connectivity index (χ3v) is 9.36. The summed E-state index contributed by atoms with van der Waals surface area (Å²) in [4.78, 5) is 26.4. The Balaban J connectivity index is 1.39. The van der Waals surface area contributed by atoms with Crippen molar-refractivity contribution in [1.29, 1.82) is 0 Å². The maximum atomic E-state index is 13.2. The van der Waals surface area contributed by atoms with Crippen molar-refractivity contribution in [2.24, 2.45) is 5.92 Å². The molecule has 1 aromatic rings. The summed E-state index contributed by atoms with van der Waals surface area (Å²) in [6.07, 6.45) is 3.29. The Morgan fingerprint density at radius 3 is 2.47 bits per heavy atom. The number of hydrogen-bond donors (Lipinski definition) is 2. The summed E-state index contributed by atoms with van der Waals surface area (Å²) < 4.78 is 28.0. The van der Waals surface area contributed by atoms with Crippen molar-refractivity contribution >= 4 is 27.5 Å². The second-order valence-electron chi connectivity index (χ2n) is 9.61. The van der Waals surface area contributed by atoms with Gasteiger partial charge in [-0.05, 0) is 82.3 Å². The van der Waals surface area contributed by atoms with Crippen molar-refractivity contribution in [2.45, 2.75) is 64.1 Å². The molecular weight excluding hydrogens is 428 g/mol. The van der Waals surface area contributed by atoms with Crippen LogP contribution in [0, 0.1) is 5.92 Å². The van der Waals surface area contributed by atoms with Crippen molar-refractivity contribution in [3.8, 4) is 0 Å². The molecule has 2 amide bonds. The van der Waals surface area contributed by atoms with E-state index in [-0.39, 0.29) is 41.6 Å². The van der Waals surface area contributed by atoms with E-state index in [1.54, 1.807) is 28.4 Å². The van der Waals surface area contributed by atoms with Crippen molar-refractivity contribution in [2.75, 3.05) is 30.8 Å². The number of carbonyl (C=O) groups is 2. The molecule has 176 valence electrons. The molecule has 3 heterocycles. The van der Waals surface area contributed by atoms with E-state index in [1.165, 1.54) is 0 Å². The van der Waals surface area contributed by atoms with Crippen LogP contribution in [0.4, 0.5) is 5.69 Å². The SMILES string of the molecule is C[C@@H]1C[C@H](NC(=O)c2ccc3c(c2)CC(=O)N3C)C[C@H](C)N1S(=O)(=O)CC1CCNCC1. The van der Waals surface area contributed by atoms with Gasteiger partial charge < -0.3 is 15.5 Å². The van der Waals surface area contributed by atoms with Gasteiger partial charge in [-0.1, -0.05) is 0 Å². The van der Waals surface area contributed by atoms with Crippen molar-refractivity contribution < 1.29 is 18.0 Å². The van der Waals surface area contributed by atoms with Gasteiger partial charge in [0.2, 0.25) is 15.9 Å². The Labute approximate surface area is 190 Å². The largest absolute Gasteiger partial charge is 0.349 e. The van der Waals surface area contributed by atoms with Crippen LogP contribution in [-0.4, -0.2) is 68.6 Å². The fourth-order valence-electron chi connectivity index (χ4n) is 5.54. The number of fused-ring (bicyclic) bond motifs is 1. The van der Waals surface area contributed by atoms with Crippen LogP contribution < -0.4 is 15.5 Å². The number of carbonyl (C=O) groups excluding carboxylic acids is 2. The molecule has 3 aliphatic rings. The number of hydrogen-bond acceptors (Lipinski definition) is 5. The second kappa shape index (κ2) is 9.11. The normalized spacial score (nSPS) is 27.4. The molecule has 1 aromatic carbocycles. The zero-order valence-corrected chi connectivity index (χ0v) is 20.0. The summed E-state index contributed by atoms with van der Waals surface area (Å²) in [5.74, 6) is 0.273. The van der Waals surface area contributed by atoms with Gasteiger partial charge in [0.1, 0.15) is 0 Å². The van der Waals surface area contributed by atoms with Gasteiger partial charge >= 0.3 is 0 Å². The second-order valence-corrected chi connectivity index (χ2v) is 11.5. The molecule has 2 saturated heterocycles. The van der Waals surface area contributed by atoms with E-state index in [9.17, 15) is 18.0 Å². The summed E-state index contributed by atoms with van der Waals surface area (Å²) in [6.45, 7) is 5.64. The quantitative estimate of drug-likeness (QED) is 0.691. The molecule has 3 atom stereocenters. The molecule has 8 nitrogen and oxygen atoms in total. The lowest BCUT2D eigenvalue weighted by Gasteiger charge is -2.42. The van der Waals surface area contributed by atoms with Crippen molar-refractivity contribution in [3.05, 3.63) is 29.3 Å². The highest BCUT2D eigenvalue weighted by Crippen LogP contribution is 2.30. The molecule has 0 unspecified atom stereocenters. The molecule has 9 heteroatoms. The number of likely N-dealkylation sites (N-methyl/N-ethyl adjacent to an activating group) is 1. The van der Waals surface area contributed by atoms with Gasteiger partial charge in [0.15, 0.2) is 0 Å². The van der Waals surface area contributed by atoms with E-state index in [0.29, 0.717) is 24.8 Å². The van der Waals surface area contributed by atoms with Crippen molar-refractivity contribution in [3.63, 3.8) is 0 Å². The molecule has 2 fully saturated rings. The van der Waals surface area contributed by atoms with Crippen LogP contribution >= 0.6 is 0 Å². The molecule has 0 bridgehead atoms. The van der Waals surface area contributed by atoms with Gasteiger partial charge in [-0.25, -0.2) is 8.42 Å². The minimum absolute atomic E-state index is 0.0262. The molecule has 0 radical (unpaired) electrons. The number of nitrogens with one attached hydrogen (secondary N) is 2. The number of amides is 2. The van der Waals surface area contributed by atoms with Gasteiger partial charge in [0.05, 0.1) is 12.2 Å². The zero-order chi connectivity index (χ0) is 23.0. The lowest BCUT2D eigenvalue weighted by Crippen LogP contribution is -2.56. The first kappa shape index (κ1) is 23.2. The molecule has 0 aromatic heterocycles. The van der Waals surface area contributed by atoms with Crippen LogP contribution in [0.25, 0.3) is 0 Å². The first-order valence-electron chi connectivity index (χ1n) is 11.6. The summed E-state index contributed by atoms with van der Waals surface area (Å²) in [5.41, 5.74) is 2.25. The van der Waals surface area contributed by atoms with E-state index < -0.39 is 10.0 Å². The van der Waals surface area contributed by atoms with Gasteiger partial charge in [-0.2, -0.15) is 4.31 Å². The highest BCUT2D eigenvalue weighted by Gasteiger charge is 2.40. The maximum Gasteiger partial charge on any atom is 0.251 e. The van der Waals surface area contributed by atoms with E-state index in [0.717, 1.165) is 37.2 Å². The molecule has 0 spiro atoms.